The molecule has 0 bridgehead atoms. The molecule has 1 aromatic carbocycles. The highest BCUT2D eigenvalue weighted by Gasteiger charge is 2.36. The summed E-state index contributed by atoms with van der Waals surface area (Å²) in [5, 5.41) is 10.4. The number of unbranched alkanes of at least 4 members (excludes halogenated alkanes) is 4. The average molecular weight is 292 g/mol. The molecule has 1 heterocycles. The predicted octanol–water partition coefficient (Wildman–Crippen LogP) is 4.63. The Kier molecular flexibility index (Phi) is 5.51. The molecule has 0 aromatic heterocycles. The standard InChI is InChI=1S/C18H28O3/c1-4-5-6-7-8-11-18(2)13-16(19)15-10-9-14(20-3)12-17(15)21-18/h9-10,12,16,19H,4-8,11,13H2,1-3H3/t16-,18?/m0/s1. The summed E-state index contributed by atoms with van der Waals surface area (Å²) in [5.41, 5.74) is 0.601. The minimum atomic E-state index is -0.444. The summed E-state index contributed by atoms with van der Waals surface area (Å²) < 4.78 is 11.4. The highest BCUT2D eigenvalue weighted by molar-refractivity contribution is 5.43. The van der Waals surface area contributed by atoms with E-state index in [0.717, 1.165) is 29.9 Å². The third kappa shape index (κ3) is 4.13. The number of aliphatic hydroxyl groups is 1. The van der Waals surface area contributed by atoms with Crippen molar-refractivity contribution in [1.82, 2.24) is 0 Å². The van der Waals surface area contributed by atoms with E-state index in [4.69, 9.17) is 9.47 Å². The molecule has 1 N–H and O–H groups in total. The number of hydrogen-bond acceptors (Lipinski definition) is 3. The Morgan fingerprint density at radius 2 is 2.05 bits per heavy atom. The summed E-state index contributed by atoms with van der Waals surface area (Å²) in [7, 11) is 1.65. The van der Waals surface area contributed by atoms with Crippen LogP contribution in [0.25, 0.3) is 0 Å². The van der Waals surface area contributed by atoms with Gasteiger partial charge in [0, 0.05) is 18.1 Å². The van der Waals surface area contributed by atoms with Gasteiger partial charge in [-0.05, 0) is 31.9 Å². The largest absolute Gasteiger partial charge is 0.497 e. The quantitative estimate of drug-likeness (QED) is 0.745. The maximum atomic E-state index is 10.4. The van der Waals surface area contributed by atoms with Crippen LogP contribution in [0.15, 0.2) is 18.2 Å². The van der Waals surface area contributed by atoms with Gasteiger partial charge in [0.2, 0.25) is 0 Å². The molecular weight excluding hydrogens is 264 g/mol. The van der Waals surface area contributed by atoms with Crippen molar-refractivity contribution in [1.29, 1.82) is 0 Å². The molecule has 2 atom stereocenters. The van der Waals surface area contributed by atoms with Gasteiger partial charge >= 0.3 is 0 Å². The molecule has 1 aromatic rings. The summed E-state index contributed by atoms with van der Waals surface area (Å²) in [6, 6.07) is 5.66. The first kappa shape index (κ1) is 16.2. The van der Waals surface area contributed by atoms with Gasteiger partial charge in [-0.3, -0.25) is 0 Å². The van der Waals surface area contributed by atoms with Crippen molar-refractivity contribution < 1.29 is 14.6 Å². The number of benzene rings is 1. The van der Waals surface area contributed by atoms with Gasteiger partial charge in [0.05, 0.1) is 13.2 Å². The van der Waals surface area contributed by atoms with E-state index in [1.807, 2.05) is 18.2 Å². The Hall–Kier alpha value is -1.22. The molecule has 0 amide bonds. The van der Waals surface area contributed by atoms with Crippen molar-refractivity contribution in [2.45, 2.75) is 70.5 Å². The molecule has 0 radical (unpaired) electrons. The lowest BCUT2D eigenvalue weighted by atomic mass is 9.86. The van der Waals surface area contributed by atoms with Crippen LogP contribution in [0.5, 0.6) is 11.5 Å². The fraction of sp³-hybridized carbons (Fsp3) is 0.667. The molecule has 0 spiro atoms. The number of hydrogen-bond donors (Lipinski definition) is 1. The molecule has 0 fully saturated rings. The van der Waals surface area contributed by atoms with Crippen LogP contribution in [0, 0.1) is 0 Å². The summed E-state index contributed by atoms with van der Waals surface area (Å²) in [6.45, 7) is 4.34. The molecule has 1 aliphatic heterocycles. The van der Waals surface area contributed by atoms with Gasteiger partial charge in [-0.1, -0.05) is 32.6 Å². The SMILES string of the molecule is CCCCCCCC1(C)C[C@H](O)c2ccc(OC)cc2O1. The van der Waals surface area contributed by atoms with Crippen LogP contribution >= 0.6 is 0 Å². The minimum absolute atomic E-state index is 0.273. The topological polar surface area (TPSA) is 38.7 Å². The van der Waals surface area contributed by atoms with E-state index in [2.05, 4.69) is 13.8 Å². The van der Waals surface area contributed by atoms with Gasteiger partial charge in [0.25, 0.3) is 0 Å². The van der Waals surface area contributed by atoms with Gasteiger partial charge in [-0.25, -0.2) is 0 Å². The third-order valence-electron chi connectivity index (χ3n) is 4.37. The Labute approximate surface area is 128 Å². The lowest BCUT2D eigenvalue weighted by Gasteiger charge is -2.38. The molecule has 3 heteroatoms. The number of fused-ring (bicyclic) bond motifs is 1. The Bertz CT molecular complexity index is 458. The van der Waals surface area contributed by atoms with Crippen molar-refractivity contribution in [3.8, 4) is 11.5 Å². The Morgan fingerprint density at radius 3 is 2.76 bits per heavy atom. The fourth-order valence-electron chi connectivity index (χ4n) is 3.09. The van der Waals surface area contributed by atoms with E-state index in [9.17, 15) is 5.11 Å². The van der Waals surface area contributed by atoms with E-state index >= 15 is 0 Å². The van der Waals surface area contributed by atoms with Gasteiger partial charge in [-0.2, -0.15) is 0 Å². The molecule has 0 saturated heterocycles. The number of aliphatic hydroxyl groups excluding tert-OH is 1. The smallest absolute Gasteiger partial charge is 0.129 e. The van der Waals surface area contributed by atoms with Crippen LogP contribution in [-0.4, -0.2) is 17.8 Å². The van der Waals surface area contributed by atoms with Crippen molar-refractivity contribution in [3.63, 3.8) is 0 Å². The molecule has 1 aliphatic rings. The average Bonchev–Trinajstić information content (AvgIpc) is 2.46. The van der Waals surface area contributed by atoms with Crippen LogP contribution in [0.1, 0.15) is 70.5 Å². The molecule has 0 aliphatic carbocycles. The fourth-order valence-corrected chi connectivity index (χ4v) is 3.09. The molecular formula is C18H28O3. The van der Waals surface area contributed by atoms with E-state index < -0.39 is 6.10 Å². The maximum Gasteiger partial charge on any atom is 0.129 e. The van der Waals surface area contributed by atoms with E-state index in [1.54, 1.807) is 7.11 Å². The first-order chi connectivity index (χ1) is 10.1. The second-order valence-corrected chi connectivity index (χ2v) is 6.34. The van der Waals surface area contributed by atoms with Crippen molar-refractivity contribution in [3.05, 3.63) is 23.8 Å². The van der Waals surface area contributed by atoms with Crippen LogP contribution in [0.3, 0.4) is 0 Å². The predicted molar refractivity (Wildman–Crippen MR) is 85.0 cm³/mol. The summed E-state index contributed by atoms with van der Waals surface area (Å²) in [6.07, 6.45) is 7.47. The van der Waals surface area contributed by atoms with Gasteiger partial charge in [0.1, 0.15) is 17.1 Å². The van der Waals surface area contributed by atoms with Gasteiger partial charge in [-0.15, -0.1) is 0 Å². The zero-order chi connectivity index (χ0) is 15.3. The van der Waals surface area contributed by atoms with Crippen molar-refractivity contribution >= 4 is 0 Å². The zero-order valence-corrected chi connectivity index (χ0v) is 13.5. The van der Waals surface area contributed by atoms with Crippen LogP contribution in [0.2, 0.25) is 0 Å². The van der Waals surface area contributed by atoms with Crippen molar-refractivity contribution in [2.24, 2.45) is 0 Å². The van der Waals surface area contributed by atoms with E-state index in [0.29, 0.717) is 6.42 Å². The molecule has 3 nitrogen and oxygen atoms in total. The van der Waals surface area contributed by atoms with E-state index in [1.165, 1.54) is 25.7 Å². The first-order valence-corrected chi connectivity index (χ1v) is 8.13. The second kappa shape index (κ2) is 7.17. The monoisotopic (exact) mass is 292 g/mol. The third-order valence-corrected chi connectivity index (χ3v) is 4.37. The summed E-state index contributed by atoms with van der Waals surface area (Å²) >= 11 is 0. The minimum Gasteiger partial charge on any atom is -0.497 e. The maximum absolute atomic E-state index is 10.4. The van der Waals surface area contributed by atoms with Crippen LogP contribution in [-0.2, 0) is 0 Å². The van der Waals surface area contributed by atoms with Crippen LogP contribution < -0.4 is 9.47 Å². The van der Waals surface area contributed by atoms with Crippen molar-refractivity contribution in [2.75, 3.05) is 7.11 Å². The molecule has 118 valence electrons. The second-order valence-electron chi connectivity index (χ2n) is 6.34. The molecule has 0 saturated carbocycles. The zero-order valence-electron chi connectivity index (χ0n) is 13.5. The molecule has 21 heavy (non-hydrogen) atoms. The lowest BCUT2D eigenvalue weighted by Crippen LogP contribution is -2.38. The lowest BCUT2D eigenvalue weighted by molar-refractivity contribution is -0.00866. The number of methoxy groups -OCH3 is 1. The van der Waals surface area contributed by atoms with Gasteiger partial charge in [0.15, 0.2) is 0 Å². The Balaban J connectivity index is 1.99. The van der Waals surface area contributed by atoms with E-state index in [-0.39, 0.29) is 5.60 Å². The first-order valence-electron chi connectivity index (χ1n) is 8.13. The summed E-state index contributed by atoms with van der Waals surface area (Å²) in [5.74, 6) is 1.54. The Morgan fingerprint density at radius 1 is 1.29 bits per heavy atom. The molecule has 1 unspecified atom stereocenters. The number of ether oxygens (including phenoxy) is 2. The van der Waals surface area contributed by atoms with Crippen LogP contribution in [0.4, 0.5) is 0 Å². The molecule has 2 rings (SSSR count). The highest BCUT2D eigenvalue weighted by Crippen LogP contribution is 2.43. The summed E-state index contributed by atoms with van der Waals surface area (Å²) in [4.78, 5) is 0. The van der Waals surface area contributed by atoms with Gasteiger partial charge < -0.3 is 14.6 Å². The highest BCUT2D eigenvalue weighted by atomic mass is 16.5. The number of rotatable bonds is 7. The normalized spacial score (nSPS) is 24.3.